The van der Waals surface area contributed by atoms with Crippen LogP contribution in [0.25, 0.3) is 6.08 Å². The molecule has 1 aromatic heterocycles. The number of benzene rings is 1. The van der Waals surface area contributed by atoms with Crippen molar-refractivity contribution in [2.45, 2.75) is 6.92 Å². The fraction of sp³-hybridized carbons (Fsp3) is 0.0714. The van der Waals surface area contributed by atoms with Gasteiger partial charge in [0.2, 0.25) is 5.91 Å². The van der Waals surface area contributed by atoms with E-state index in [9.17, 15) is 9.18 Å². The van der Waals surface area contributed by atoms with Crippen molar-refractivity contribution >= 4 is 44.9 Å². The summed E-state index contributed by atoms with van der Waals surface area (Å²) >= 11 is 4.65. The molecule has 0 unspecified atom stereocenters. The second-order valence-electron chi connectivity index (χ2n) is 3.92. The molecule has 1 heterocycles. The Kier molecular flexibility index (Phi) is 4.50. The van der Waals surface area contributed by atoms with Crippen LogP contribution in [0.4, 0.5) is 10.1 Å². The van der Waals surface area contributed by atoms with E-state index in [4.69, 9.17) is 0 Å². The SMILES string of the molecule is Cc1cc(F)c(Br)cc1NC(=O)/C=C/c1cccs1. The Morgan fingerprint density at radius 3 is 2.95 bits per heavy atom. The topological polar surface area (TPSA) is 29.1 Å². The quantitative estimate of drug-likeness (QED) is 0.813. The second kappa shape index (κ2) is 6.12. The van der Waals surface area contributed by atoms with Crippen LogP contribution in [0.15, 0.2) is 40.2 Å². The third-order valence-electron chi connectivity index (χ3n) is 2.47. The van der Waals surface area contributed by atoms with E-state index in [-0.39, 0.29) is 11.7 Å². The van der Waals surface area contributed by atoms with Crippen LogP contribution in [-0.4, -0.2) is 5.91 Å². The molecular formula is C14H11BrFNOS. The van der Waals surface area contributed by atoms with Crippen molar-refractivity contribution in [1.29, 1.82) is 0 Å². The number of halogens is 2. The molecule has 19 heavy (non-hydrogen) atoms. The monoisotopic (exact) mass is 339 g/mol. The van der Waals surface area contributed by atoms with Crippen LogP contribution in [0.5, 0.6) is 0 Å². The standard InChI is InChI=1S/C14H11BrFNOS/c1-9-7-12(16)11(15)8-13(9)17-14(18)5-4-10-3-2-6-19-10/h2-8H,1H3,(H,17,18)/b5-4+. The molecule has 0 aliphatic heterocycles. The number of rotatable bonds is 3. The molecule has 0 atom stereocenters. The van der Waals surface area contributed by atoms with Crippen LogP contribution in [0, 0.1) is 12.7 Å². The van der Waals surface area contributed by atoms with Crippen molar-refractivity contribution in [2.24, 2.45) is 0 Å². The van der Waals surface area contributed by atoms with Crippen LogP contribution < -0.4 is 5.32 Å². The minimum Gasteiger partial charge on any atom is -0.322 e. The van der Waals surface area contributed by atoms with Gasteiger partial charge in [0.05, 0.1) is 4.47 Å². The maximum absolute atomic E-state index is 13.3. The number of carbonyl (C=O) groups excluding carboxylic acids is 1. The number of hydrogen-bond acceptors (Lipinski definition) is 2. The molecule has 0 saturated heterocycles. The largest absolute Gasteiger partial charge is 0.322 e. The van der Waals surface area contributed by atoms with E-state index in [2.05, 4.69) is 21.2 Å². The number of amides is 1. The molecule has 1 N–H and O–H groups in total. The van der Waals surface area contributed by atoms with Gasteiger partial charge in [-0.15, -0.1) is 11.3 Å². The van der Waals surface area contributed by atoms with Gasteiger partial charge in [-0.3, -0.25) is 4.79 Å². The average molecular weight is 340 g/mol. The first-order valence-corrected chi connectivity index (χ1v) is 7.22. The summed E-state index contributed by atoms with van der Waals surface area (Å²) in [7, 11) is 0. The molecule has 0 fully saturated rings. The van der Waals surface area contributed by atoms with E-state index >= 15 is 0 Å². The second-order valence-corrected chi connectivity index (χ2v) is 5.75. The van der Waals surface area contributed by atoms with Gasteiger partial charge in [0.25, 0.3) is 0 Å². The Morgan fingerprint density at radius 2 is 2.26 bits per heavy atom. The minimum absolute atomic E-state index is 0.241. The summed E-state index contributed by atoms with van der Waals surface area (Å²) in [6, 6.07) is 6.78. The molecule has 1 aromatic carbocycles. The van der Waals surface area contributed by atoms with Gasteiger partial charge in [0, 0.05) is 16.6 Å². The fourth-order valence-electron chi connectivity index (χ4n) is 1.50. The molecular weight excluding hydrogens is 329 g/mol. The van der Waals surface area contributed by atoms with Gasteiger partial charge in [0.15, 0.2) is 0 Å². The first kappa shape index (κ1) is 14.0. The van der Waals surface area contributed by atoms with Crippen LogP contribution in [0.1, 0.15) is 10.4 Å². The van der Waals surface area contributed by atoms with E-state index in [1.807, 2.05) is 17.5 Å². The van der Waals surface area contributed by atoms with Gasteiger partial charge < -0.3 is 5.32 Å². The molecule has 0 saturated carbocycles. The van der Waals surface area contributed by atoms with Crippen molar-refractivity contribution in [1.82, 2.24) is 0 Å². The van der Waals surface area contributed by atoms with E-state index in [1.54, 1.807) is 30.4 Å². The summed E-state index contributed by atoms with van der Waals surface area (Å²) in [6.45, 7) is 1.74. The van der Waals surface area contributed by atoms with Crippen LogP contribution in [0.3, 0.4) is 0 Å². The van der Waals surface area contributed by atoms with E-state index in [0.717, 1.165) is 4.88 Å². The van der Waals surface area contributed by atoms with Crippen molar-refractivity contribution < 1.29 is 9.18 Å². The number of thiophene rings is 1. The van der Waals surface area contributed by atoms with Gasteiger partial charge in [-0.05, 0) is 58.1 Å². The van der Waals surface area contributed by atoms with Crippen molar-refractivity contribution in [2.75, 3.05) is 5.32 Å². The summed E-state index contributed by atoms with van der Waals surface area (Å²) in [5, 5.41) is 4.67. The van der Waals surface area contributed by atoms with Gasteiger partial charge in [0.1, 0.15) is 5.82 Å². The highest BCUT2D eigenvalue weighted by molar-refractivity contribution is 9.10. The number of aryl methyl sites for hydroxylation is 1. The molecule has 98 valence electrons. The highest BCUT2D eigenvalue weighted by atomic mass is 79.9. The highest BCUT2D eigenvalue weighted by Gasteiger charge is 2.06. The lowest BCUT2D eigenvalue weighted by Crippen LogP contribution is -2.09. The lowest BCUT2D eigenvalue weighted by atomic mass is 10.2. The summed E-state index contributed by atoms with van der Waals surface area (Å²) in [5.74, 6) is -0.584. The molecule has 1 amide bonds. The lowest BCUT2D eigenvalue weighted by Gasteiger charge is -2.07. The molecule has 0 aliphatic rings. The number of hydrogen-bond donors (Lipinski definition) is 1. The normalized spacial score (nSPS) is 10.9. The lowest BCUT2D eigenvalue weighted by molar-refractivity contribution is -0.111. The average Bonchev–Trinajstić information content (AvgIpc) is 2.86. The van der Waals surface area contributed by atoms with Crippen molar-refractivity contribution in [3.05, 3.63) is 56.5 Å². The number of anilines is 1. The molecule has 0 radical (unpaired) electrons. The van der Waals surface area contributed by atoms with Crippen molar-refractivity contribution in [3.8, 4) is 0 Å². The van der Waals surface area contributed by atoms with E-state index in [0.29, 0.717) is 15.7 Å². The summed E-state index contributed by atoms with van der Waals surface area (Å²) in [6.07, 6.45) is 3.20. The Labute approximate surface area is 123 Å². The van der Waals surface area contributed by atoms with Gasteiger partial charge in [-0.25, -0.2) is 4.39 Å². The highest BCUT2D eigenvalue weighted by Crippen LogP contribution is 2.24. The number of carbonyl (C=O) groups is 1. The molecule has 5 heteroatoms. The Balaban J connectivity index is 2.09. The molecule has 2 nitrogen and oxygen atoms in total. The van der Waals surface area contributed by atoms with Crippen LogP contribution in [-0.2, 0) is 4.79 Å². The summed E-state index contributed by atoms with van der Waals surface area (Å²) < 4.78 is 13.6. The first-order valence-electron chi connectivity index (χ1n) is 5.54. The molecule has 0 bridgehead atoms. The fourth-order valence-corrected chi connectivity index (χ4v) is 2.46. The molecule has 0 spiro atoms. The maximum atomic E-state index is 13.3. The van der Waals surface area contributed by atoms with Crippen LogP contribution >= 0.6 is 27.3 Å². The van der Waals surface area contributed by atoms with Gasteiger partial charge in [-0.1, -0.05) is 6.07 Å². The summed E-state index contributed by atoms with van der Waals surface area (Å²) in [5.41, 5.74) is 1.27. The molecule has 0 aliphatic carbocycles. The zero-order valence-corrected chi connectivity index (χ0v) is 12.5. The zero-order chi connectivity index (χ0) is 13.8. The Morgan fingerprint density at radius 1 is 1.47 bits per heavy atom. The minimum atomic E-state index is -0.343. The number of nitrogens with one attached hydrogen (secondary N) is 1. The molecule has 2 aromatic rings. The van der Waals surface area contributed by atoms with Gasteiger partial charge in [-0.2, -0.15) is 0 Å². The summed E-state index contributed by atoms with van der Waals surface area (Å²) in [4.78, 5) is 12.8. The Hall–Kier alpha value is -1.46. The predicted octanol–water partition coefficient (Wildman–Crippen LogP) is 4.61. The van der Waals surface area contributed by atoms with E-state index in [1.165, 1.54) is 12.1 Å². The third kappa shape index (κ3) is 3.75. The van der Waals surface area contributed by atoms with Gasteiger partial charge >= 0.3 is 0 Å². The predicted molar refractivity (Wildman–Crippen MR) is 80.8 cm³/mol. The zero-order valence-electron chi connectivity index (χ0n) is 10.1. The third-order valence-corrected chi connectivity index (χ3v) is 3.91. The first-order chi connectivity index (χ1) is 9.06. The van der Waals surface area contributed by atoms with E-state index < -0.39 is 0 Å². The smallest absolute Gasteiger partial charge is 0.248 e. The molecule has 2 rings (SSSR count). The van der Waals surface area contributed by atoms with Crippen LogP contribution in [0.2, 0.25) is 0 Å². The Bertz CT molecular complexity index is 623. The maximum Gasteiger partial charge on any atom is 0.248 e. The van der Waals surface area contributed by atoms with Crippen molar-refractivity contribution in [3.63, 3.8) is 0 Å².